The molecule has 1 atom stereocenters. The molecule has 1 aliphatic carbocycles. The summed E-state index contributed by atoms with van der Waals surface area (Å²) in [4.78, 5) is 7.74. The molecule has 84 valence electrons. The molecule has 0 bridgehead atoms. The van der Waals surface area contributed by atoms with Gasteiger partial charge in [-0.15, -0.1) is 0 Å². The van der Waals surface area contributed by atoms with E-state index in [2.05, 4.69) is 34.4 Å². The fourth-order valence-corrected chi connectivity index (χ4v) is 2.61. The van der Waals surface area contributed by atoms with Crippen LogP contribution in [0.4, 0.5) is 0 Å². The minimum atomic E-state index is 0.361. The Morgan fingerprint density at radius 2 is 2.25 bits per heavy atom. The van der Waals surface area contributed by atoms with Gasteiger partial charge in [0.15, 0.2) is 10.4 Å². The van der Waals surface area contributed by atoms with Crippen LogP contribution in [-0.4, -0.2) is 14.5 Å². The minimum absolute atomic E-state index is 0.361. The van der Waals surface area contributed by atoms with Crippen molar-refractivity contribution in [1.82, 2.24) is 14.5 Å². The highest BCUT2D eigenvalue weighted by Crippen LogP contribution is 2.56. The molecule has 0 aromatic carbocycles. The third-order valence-electron chi connectivity index (χ3n) is 3.47. The molecule has 0 spiro atoms. The maximum atomic E-state index is 5.38. The quantitative estimate of drug-likeness (QED) is 0.766. The van der Waals surface area contributed by atoms with Crippen molar-refractivity contribution < 1.29 is 0 Å². The highest BCUT2D eigenvalue weighted by Gasteiger charge is 2.48. The fourth-order valence-electron chi connectivity index (χ4n) is 2.29. The van der Waals surface area contributed by atoms with Gasteiger partial charge in [-0.25, -0.2) is 4.98 Å². The summed E-state index contributed by atoms with van der Waals surface area (Å²) in [5, 5.41) is 0. The van der Waals surface area contributed by atoms with Crippen LogP contribution >= 0.6 is 12.2 Å². The number of rotatable bonds is 1. The minimum Gasteiger partial charge on any atom is -0.329 e. The lowest BCUT2D eigenvalue weighted by Gasteiger charge is -2.05. The summed E-state index contributed by atoms with van der Waals surface area (Å²) < 4.78 is 2.97. The SMILES string of the molecule is Cc1cnc2c(c1)[nH]c(=S)n2C1CC1(C)C. The summed E-state index contributed by atoms with van der Waals surface area (Å²) in [6.07, 6.45) is 3.08. The van der Waals surface area contributed by atoms with Gasteiger partial charge in [-0.3, -0.25) is 4.57 Å². The molecule has 2 aromatic heterocycles. The Morgan fingerprint density at radius 1 is 1.56 bits per heavy atom. The molecular weight excluding hydrogens is 218 g/mol. The van der Waals surface area contributed by atoms with Gasteiger partial charge in [-0.1, -0.05) is 13.8 Å². The summed E-state index contributed by atoms with van der Waals surface area (Å²) >= 11 is 5.38. The fraction of sp³-hybridized carbons (Fsp3) is 0.500. The molecule has 0 aliphatic heterocycles. The van der Waals surface area contributed by atoms with E-state index in [0.29, 0.717) is 11.5 Å². The number of aromatic amines is 1. The molecule has 3 rings (SSSR count). The zero-order chi connectivity index (χ0) is 11.5. The molecule has 0 saturated heterocycles. The number of nitrogens with one attached hydrogen (secondary N) is 1. The number of aromatic nitrogens is 3. The third kappa shape index (κ3) is 1.33. The zero-order valence-electron chi connectivity index (χ0n) is 9.74. The number of nitrogens with zero attached hydrogens (tertiary/aromatic N) is 2. The summed E-state index contributed by atoms with van der Waals surface area (Å²) in [5.74, 6) is 0. The molecule has 1 aliphatic rings. The molecule has 16 heavy (non-hydrogen) atoms. The third-order valence-corrected chi connectivity index (χ3v) is 3.76. The van der Waals surface area contributed by atoms with Gasteiger partial charge in [0, 0.05) is 12.2 Å². The lowest BCUT2D eigenvalue weighted by atomic mass is 10.2. The summed E-state index contributed by atoms with van der Waals surface area (Å²) in [6, 6.07) is 2.60. The van der Waals surface area contributed by atoms with E-state index in [1.807, 2.05) is 13.1 Å². The molecule has 0 amide bonds. The highest BCUT2D eigenvalue weighted by molar-refractivity contribution is 7.71. The molecule has 1 saturated carbocycles. The van der Waals surface area contributed by atoms with Crippen molar-refractivity contribution in [2.24, 2.45) is 5.41 Å². The van der Waals surface area contributed by atoms with E-state index in [4.69, 9.17) is 12.2 Å². The van der Waals surface area contributed by atoms with Crippen molar-refractivity contribution >= 4 is 23.4 Å². The molecule has 2 heterocycles. The van der Waals surface area contributed by atoms with Crippen LogP contribution in [-0.2, 0) is 0 Å². The number of hydrogen-bond donors (Lipinski definition) is 1. The Kier molecular flexibility index (Phi) is 1.84. The summed E-state index contributed by atoms with van der Waals surface area (Å²) in [5.41, 5.74) is 3.56. The Bertz CT molecular complexity index is 621. The van der Waals surface area contributed by atoms with Gasteiger partial charge in [0.2, 0.25) is 0 Å². The van der Waals surface area contributed by atoms with Gasteiger partial charge in [0.05, 0.1) is 5.52 Å². The van der Waals surface area contributed by atoms with Crippen LogP contribution < -0.4 is 0 Å². The van der Waals surface area contributed by atoms with Crippen LogP contribution in [0.5, 0.6) is 0 Å². The Balaban J connectivity index is 2.25. The lowest BCUT2D eigenvalue weighted by Crippen LogP contribution is -2.01. The van der Waals surface area contributed by atoms with Crippen LogP contribution in [0.3, 0.4) is 0 Å². The van der Waals surface area contributed by atoms with Crippen LogP contribution in [0, 0.1) is 17.1 Å². The van der Waals surface area contributed by atoms with E-state index in [-0.39, 0.29) is 0 Å². The number of fused-ring (bicyclic) bond motifs is 1. The standard InChI is InChI=1S/C12H15N3S/c1-7-4-8-10(13-6-7)15(11(16)14-8)9-5-12(9,2)3/h4,6,9H,5H2,1-3H3,(H,14,16). The average Bonchev–Trinajstić information content (AvgIpc) is 2.67. The van der Waals surface area contributed by atoms with E-state index >= 15 is 0 Å². The lowest BCUT2D eigenvalue weighted by molar-refractivity contribution is 0.544. The van der Waals surface area contributed by atoms with Crippen LogP contribution in [0.25, 0.3) is 11.2 Å². The second-order valence-corrected chi connectivity index (χ2v) is 5.78. The monoisotopic (exact) mass is 233 g/mol. The van der Waals surface area contributed by atoms with Crippen molar-refractivity contribution in [3.8, 4) is 0 Å². The number of imidazole rings is 1. The Labute approximate surface area is 99.5 Å². The first-order valence-corrected chi connectivity index (χ1v) is 5.97. The maximum absolute atomic E-state index is 5.38. The Morgan fingerprint density at radius 3 is 2.88 bits per heavy atom. The molecular formula is C12H15N3S. The van der Waals surface area contributed by atoms with E-state index in [1.165, 1.54) is 6.42 Å². The van der Waals surface area contributed by atoms with Crippen molar-refractivity contribution in [2.75, 3.05) is 0 Å². The number of H-pyrrole nitrogens is 1. The predicted octanol–water partition coefficient (Wildman–Crippen LogP) is 3.37. The van der Waals surface area contributed by atoms with Gasteiger partial charge in [-0.2, -0.15) is 0 Å². The van der Waals surface area contributed by atoms with Crippen LogP contribution in [0.2, 0.25) is 0 Å². The van der Waals surface area contributed by atoms with Crippen molar-refractivity contribution in [3.05, 3.63) is 22.6 Å². The first-order chi connectivity index (χ1) is 7.49. The topological polar surface area (TPSA) is 33.6 Å². The average molecular weight is 233 g/mol. The van der Waals surface area contributed by atoms with Crippen molar-refractivity contribution in [3.63, 3.8) is 0 Å². The van der Waals surface area contributed by atoms with E-state index in [1.54, 1.807) is 0 Å². The Hall–Kier alpha value is -1.16. The van der Waals surface area contributed by atoms with Gasteiger partial charge in [0.25, 0.3) is 0 Å². The smallest absolute Gasteiger partial charge is 0.179 e. The second kappa shape index (κ2) is 2.94. The largest absolute Gasteiger partial charge is 0.329 e. The predicted molar refractivity (Wildman–Crippen MR) is 67.1 cm³/mol. The molecule has 1 N–H and O–H groups in total. The van der Waals surface area contributed by atoms with Crippen LogP contribution in [0.1, 0.15) is 31.9 Å². The molecule has 0 radical (unpaired) electrons. The highest BCUT2D eigenvalue weighted by atomic mass is 32.1. The molecule has 1 unspecified atom stereocenters. The molecule has 1 fully saturated rings. The maximum Gasteiger partial charge on any atom is 0.179 e. The van der Waals surface area contributed by atoms with Gasteiger partial charge in [0.1, 0.15) is 0 Å². The van der Waals surface area contributed by atoms with E-state index < -0.39 is 0 Å². The van der Waals surface area contributed by atoms with E-state index in [0.717, 1.165) is 21.5 Å². The molecule has 2 aromatic rings. The van der Waals surface area contributed by atoms with Crippen molar-refractivity contribution in [1.29, 1.82) is 0 Å². The first kappa shape index (κ1) is 10.0. The van der Waals surface area contributed by atoms with Crippen LogP contribution in [0.15, 0.2) is 12.3 Å². The van der Waals surface area contributed by atoms with Gasteiger partial charge < -0.3 is 4.98 Å². The number of pyridine rings is 1. The van der Waals surface area contributed by atoms with Gasteiger partial charge in [-0.05, 0) is 42.6 Å². The number of hydrogen-bond acceptors (Lipinski definition) is 2. The van der Waals surface area contributed by atoms with Gasteiger partial charge >= 0.3 is 0 Å². The second-order valence-electron chi connectivity index (χ2n) is 5.39. The summed E-state index contributed by atoms with van der Waals surface area (Å²) in [7, 11) is 0. The zero-order valence-corrected chi connectivity index (χ0v) is 10.6. The molecule has 3 nitrogen and oxygen atoms in total. The molecule has 4 heteroatoms. The summed E-state index contributed by atoms with van der Waals surface area (Å²) in [6.45, 7) is 6.58. The van der Waals surface area contributed by atoms with Crippen molar-refractivity contribution in [2.45, 2.75) is 33.2 Å². The first-order valence-electron chi connectivity index (χ1n) is 5.56. The van der Waals surface area contributed by atoms with E-state index in [9.17, 15) is 0 Å². The normalized spacial score (nSPS) is 22.6. The number of aryl methyl sites for hydroxylation is 1.